The van der Waals surface area contributed by atoms with Gasteiger partial charge < -0.3 is 5.11 Å². The van der Waals surface area contributed by atoms with Crippen LogP contribution in [0.1, 0.15) is 45.1 Å². The van der Waals surface area contributed by atoms with Gasteiger partial charge in [-0.05, 0) is 54.2 Å². The molecule has 0 radical (unpaired) electrons. The van der Waals surface area contributed by atoms with Gasteiger partial charge in [0.2, 0.25) is 0 Å². The third-order valence-electron chi connectivity index (χ3n) is 4.05. The number of aromatic hydroxyl groups is 1. The van der Waals surface area contributed by atoms with Gasteiger partial charge in [0, 0.05) is 0 Å². The summed E-state index contributed by atoms with van der Waals surface area (Å²) >= 11 is 0. The number of hydrogen-bond donors (Lipinski definition) is 1. The standard InChI is InChI=1S/C15H22O/c1-10-8-11(2)15(12(3)9-10)13-4-6-14(16)7-5-13/h4-7,10-12,15-16H,8-9H2,1-3H3. The molecule has 88 valence electrons. The summed E-state index contributed by atoms with van der Waals surface area (Å²) in [4.78, 5) is 0. The predicted octanol–water partition coefficient (Wildman–Crippen LogP) is 4.18. The van der Waals surface area contributed by atoms with Crippen LogP contribution < -0.4 is 0 Å². The summed E-state index contributed by atoms with van der Waals surface area (Å²) in [6.45, 7) is 7.09. The maximum absolute atomic E-state index is 9.33. The largest absolute Gasteiger partial charge is 0.508 e. The van der Waals surface area contributed by atoms with Gasteiger partial charge in [0.15, 0.2) is 0 Å². The lowest BCUT2D eigenvalue weighted by Crippen LogP contribution is -2.27. The van der Waals surface area contributed by atoms with E-state index < -0.39 is 0 Å². The van der Waals surface area contributed by atoms with E-state index in [9.17, 15) is 5.11 Å². The second-order valence-electron chi connectivity index (χ2n) is 5.65. The van der Waals surface area contributed by atoms with Crippen molar-refractivity contribution >= 4 is 0 Å². The van der Waals surface area contributed by atoms with E-state index in [1.807, 2.05) is 12.1 Å². The first-order valence-electron chi connectivity index (χ1n) is 6.37. The first kappa shape index (κ1) is 11.5. The fourth-order valence-electron chi connectivity index (χ4n) is 3.57. The van der Waals surface area contributed by atoms with Crippen molar-refractivity contribution in [2.45, 2.75) is 39.5 Å². The fraction of sp³-hybridized carbons (Fsp3) is 0.600. The third-order valence-corrected chi connectivity index (χ3v) is 4.05. The van der Waals surface area contributed by atoms with Gasteiger partial charge in [-0.25, -0.2) is 0 Å². The Hall–Kier alpha value is -0.980. The van der Waals surface area contributed by atoms with Gasteiger partial charge >= 0.3 is 0 Å². The summed E-state index contributed by atoms with van der Waals surface area (Å²) in [5.74, 6) is 3.40. The Bertz CT molecular complexity index is 329. The Labute approximate surface area is 98.5 Å². The molecule has 1 aliphatic rings. The van der Waals surface area contributed by atoms with Gasteiger partial charge in [0.05, 0.1) is 0 Å². The van der Waals surface area contributed by atoms with Crippen molar-refractivity contribution in [3.63, 3.8) is 0 Å². The molecule has 2 atom stereocenters. The quantitative estimate of drug-likeness (QED) is 0.749. The molecular formula is C15H22O. The molecule has 0 aliphatic heterocycles. The predicted molar refractivity (Wildman–Crippen MR) is 67.6 cm³/mol. The highest BCUT2D eigenvalue weighted by atomic mass is 16.3. The lowest BCUT2D eigenvalue weighted by Gasteiger charge is -2.38. The molecule has 0 saturated heterocycles. The summed E-state index contributed by atoms with van der Waals surface area (Å²) in [5.41, 5.74) is 1.39. The van der Waals surface area contributed by atoms with Crippen LogP contribution in [0.15, 0.2) is 24.3 Å². The van der Waals surface area contributed by atoms with Gasteiger partial charge in [0.1, 0.15) is 5.75 Å². The molecule has 1 aliphatic carbocycles. The second-order valence-corrected chi connectivity index (χ2v) is 5.65. The molecule has 16 heavy (non-hydrogen) atoms. The smallest absolute Gasteiger partial charge is 0.115 e. The zero-order valence-corrected chi connectivity index (χ0v) is 10.5. The van der Waals surface area contributed by atoms with Gasteiger partial charge in [-0.1, -0.05) is 32.9 Å². The topological polar surface area (TPSA) is 20.2 Å². The van der Waals surface area contributed by atoms with E-state index in [0.717, 1.165) is 17.8 Å². The van der Waals surface area contributed by atoms with E-state index in [1.165, 1.54) is 18.4 Å². The summed E-state index contributed by atoms with van der Waals surface area (Å²) in [6, 6.07) is 7.80. The van der Waals surface area contributed by atoms with Gasteiger partial charge in [-0.2, -0.15) is 0 Å². The Morgan fingerprint density at radius 2 is 1.44 bits per heavy atom. The summed E-state index contributed by atoms with van der Waals surface area (Å²) < 4.78 is 0. The van der Waals surface area contributed by atoms with Gasteiger partial charge in [-0.15, -0.1) is 0 Å². The zero-order chi connectivity index (χ0) is 11.7. The van der Waals surface area contributed by atoms with Gasteiger partial charge in [-0.3, -0.25) is 0 Å². The van der Waals surface area contributed by atoms with E-state index in [4.69, 9.17) is 0 Å². The minimum Gasteiger partial charge on any atom is -0.508 e. The minimum absolute atomic E-state index is 0.369. The van der Waals surface area contributed by atoms with Crippen LogP contribution in [-0.2, 0) is 0 Å². The van der Waals surface area contributed by atoms with Crippen LogP contribution in [0.2, 0.25) is 0 Å². The second kappa shape index (κ2) is 4.48. The molecule has 0 amide bonds. The normalized spacial score (nSPS) is 34.9. The fourth-order valence-corrected chi connectivity index (χ4v) is 3.57. The van der Waals surface area contributed by atoms with E-state index in [2.05, 4.69) is 32.9 Å². The Morgan fingerprint density at radius 1 is 0.938 bits per heavy atom. The highest BCUT2D eigenvalue weighted by Gasteiger charge is 2.32. The maximum Gasteiger partial charge on any atom is 0.115 e. The molecule has 1 aromatic rings. The average Bonchev–Trinajstić information content (AvgIpc) is 2.19. The minimum atomic E-state index is 0.369. The van der Waals surface area contributed by atoms with Crippen LogP contribution in [0.3, 0.4) is 0 Å². The Balaban J connectivity index is 2.22. The number of phenolic OH excluding ortho intramolecular Hbond substituents is 1. The van der Waals surface area contributed by atoms with Crippen molar-refractivity contribution in [3.8, 4) is 5.75 Å². The van der Waals surface area contributed by atoms with Crippen LogP contribution in [0.4, 0.5) is 0 Å². The molecule has 1 saturated carbocycles. The third kappa shape index (κ3) is 2.23. The molecule has 2 unspecified atom stereocenters. The molecule has 1 aromatic carbocycles. The van der Waals surface area contributed by atoms with Crippen molar-refractivity contribution in [3.05, 3.63) is 29.8 Å². The van der Waals surface area contributed by atoms with E-state index in [0.29, 0.717) is 11.7 Å². The van der Waals surface area contributed by atoms with Crippen molar-refractivity contribution in [1.82, 2.24) is 0 Å². The Kier molecular flexibility index (Phi) is 3.22. The van der Waals surface area contributed by atoms with Crippen LogP contribution in [0.5, 0.6) is 5.75 Å². The van der Waals surface area contributed by atoms with Crippen molar-refractivity contribution in [2.24, 2.45) is 17.8 Å². The highest BCUT2D eigenvalue weighted by molar-refractivity contribution is 5.29. The first-order chi connectivity index (χ1) is 7.58. The van der Waals surface area contributed by atoms with E-state index in [-0.39, 0.29) is 0 Å². The molecule has 0 spiro atoms. The molecule has 1 fully saturated rings. The monoisotopic (exact) mass is 218 g/mol. The van der Waals surface area contributed by atoms with Crippen LogP contribution >= 0.6 is 0 Å². The SMILES string of the molecule is CC1CC(C)C(c2ccc(O)cc2)C(C)C1. The highest BCUT2D eigenvalue weighted by Crippen LogP contribution is 2.44. The molecule has 0 bridgehead atoms. The van der Waals surface area contributed by atoms with Crippen molar-refractivity contribution in [2.75, 3.05) is 0 Å². The lowest BCUT2D eigenvalue weighted by molar-refractivity contribution is 0.193. The Morgan fingerprint density at radius 3 is 1.94 bits per heavy atom. The molecule has 1 nitrogen and oxygen atoms in total. The van der Waals surface area contributed by atoms with Crippen molar-refractivity contribution in [1.29, 1.82) is 0 Å². The molecule has 1 N–H and O–H groups in total. The lowest BCUT2D eigenvalue weighted by atomic mass is 9.67. The molecule has 0 heterocycles. The first-order valence-corrected chi connectivity index (χ1v) is 6.37. The van der Waals surface area contributed by atoms with Crippen LogP contribution in [-0.4, -0.2) is 5.11 Å². The summed E-state index contributed by atoms with van der Waals surface area (Å²) in [7, 11) is 0. The number of benzene rings is 1. The molecule has 2 rings (SSSR count). The van der Waals surface area contributed by atoms with E-state index >= 15 is 0 Å². The summed E-state index contributed by atoms with van der Waals surface area (Å²) in [6.07, 6.45) is 2.66. The average molecular weight is 218 g/mol. The van der Waals surface area contributed by atoms with Gasteiger partial charge in [0.25, 0.3) is 0 Å². The van der Waals surface area contributed by atoms with Crippen LogP contribution in [0.25, 0.3) is 0 Å². The van der Waals surface area contributed by atoms with E-state index in [1.54, 1.807) is 0 Å². The number of hydrogen-bond acceptors (Lipinski definition) is 1. The zero-order valence-electron chi connectivity index (χ0n) is 10.5. The van der Waals surface area contributed by atoms with Crippen molar-refractivity contribution < 1.29 is 5.11 Å². The maximum atomic E-state index is 9.33. The van der Waals surface area contributed by atoms with Crippen LogP contribution in [0, 0.1) is 17.8 Å². The summed E-state index contributed by atoms with van der Waals surface area (Å²) in [5, 5.41) is 9.33. The number of rotatable bonds is 1. The molecule has 1 heteroatoms. The molecular weight excluding hydrogens is 196 g/mol. The molecule has 0 aromatic heterocycles. The number of phenols is 1.